The van der Waals surface area contributed by atoms with Gasteiger partial charge < -0.3 is 19.6 Å². The molecule has 1 aliphatic rings. The predicted octanol–water partition coefficient (Wildman–Crippen LogP) is 4.93. The maximum absolute atomic E-state index is 13.1. The lowest BCUT2D eigenvalue weighted by Gasteiger charge is -2.26. The van der Waals surface area contributed by atoms with E-state index in [1.165, 1.54) is 4.90 Å². The van der Waals surface area contributed by atoms with E-state index in [2.05, 4.69) is 6.58 Å². The van der Waals surface area contributed by atoms with Crippen LogP contribution in [0.2, 0.25) is 10.0 Å². The predicted molar refractivity (Wildman–Crippen MR) is 131 cm³/mol. The summed E-state index contributed by atoms with van der Waals surface area (Å²) < 4.78 is 5.47. The number of halogens is 2. The second-order valence-electron chi connectivity index (χ2n) is 7.94. The minimum atomic E-state index is -0.825. The number of carbonyl (C=O) groups excluding carboxylic acids is 2. The number of aliphatic hydroxyl groups excluding tert-OH is 1. The van der Waals surface area contributed by atoms with Crippen LogP contribution in [0.4, 0.5) is 0 Å². The van der Waals surface area contributed by atoms with Crippen molar-refractivity contribution >= 4 is 40.7 Å². The Morgan fingerprint density at radius 2 is 1.88 bits per heavy atom. The first-order chi connectivity index (χ1) is 15.7. The van der Waals surface area contributed by atoms with Crippen LogP contribution in [0.15, 0.2) is 60.7 Å². The average Bonchev–Trinajstić information content (AvgIpc) is 3.02. The smallest absolute Gasteiger partial charge is 0.295 e. The highest BCUT2D eigenvalue weighted by Gasteiger charge is 2.46. The second-order valence-corrected chi connectivity index (χ2v) is 8.78. The second kappa shape index (κ2) is 10.9. The third-order valence-corrected chi connectivity index (χ3v) is 5.86. The van der Waals surface area contributed by atoms with Crippen LogP contribution in [0, 0.1) is 0 Å². The lowest BCUT2D eigenvalue weighted by molar-refractivity contribution is -0.139. The van der Waals surface area contributed by atoms with Gasteiger partial charge in [-0.15, -0.1) is 0 Å². The van der Waals surface area contributed by atoms with E-state index in [0.717, 1.165) is 6.54 Å². The zero-order chi connectivity index (χ0) is 24.1. The van der Waals surface area contributed by atoms with E-state index >= 15 is 0 Å². The molecule has 8 heteroatoms. The van der Waals surface area contributed by atoms with Gasteiger partial charge in [0.15, 0.2) is 0 Å². The number of nitrogens with zero attached hydrogens (tertiary/aromatic N) is 2. The number of carbonyl (C=O) groups is 2. The zero-order valence-electron chi connectivity index (χ0n) is 18.6. The van der Waals surface area contributed by atoms with Crippen LogP contribution in [0.5, 0.6) is 5.75 Å². The normalized spacial score (nSPS) is 17.6. The molecule has 1 unspecified atom stereocenters. The molecule has 2 aromatic carbocycles. The average molecular weight is 489 g/mol. The summed E-state index contributed by atoms with van der Waals surface area (Å²) >= 11 is 12.5. The number of rotatable bonds is 9. The van der Waals surface area contributed by atoms with Crippen molar-refractivity contribution in [2.75, 3.05) is 33.8 Å². The van der Waals surface area contributed by atoms with Crippen LogP contribution in [-0.4, -0.2) is 60.4 Å². The molecule has 0 aliphatic carbocycles. The number of aliphatic hydroxyl groups is 1. The van der Waals surface area contributed by atoms with Crippen molar-refractivity contribution in [3.8, 4) is 5.75 Å². The number of ketones is 1. The molecule has 0 radical (unpaired) electrons. The minimum absolute atomic E-state index is 0.00571. The molecule has 174 valence electrons. The highest BCUT2D eigenvalue weighted by molar-refractivity contribution is 6.47. The number of hydrogen-bond acceptors (Lipinski definition) is 5. The summed E-state index contributed by atoms with van der Waals surface area (Å²) in [6.45, 7) is 5.02. The van der Waals surface area contributed by atoms with E-state index in [1.54, 1.807) is 48.5 Å². The van der Waals surface area contributed by atoms with Gasteiger partial charge >= 0.3 is 0 Å². The number of ether oxygens (including phenoxy) is 1. The maximum Gasteiger partial charge on any atom is 0.295 e. The summed E-state index contributed by atoms with van der Waals surface area (Å²) in [7, 11) is 3.87. The van der Waals surface area contributed by atoms with Gasteiger partial charge in [0.25, 0.3) is 11.7 Å². The molecule has 2 aromatic rings. The molecule has 1 aliphatic heterocycles. The number of Topliss-reactive ketones (excluding diaryl/α,β-unsaturated/α-hetero) is 1. The van der Waals surface area contributed by atoms with Gasteiger partial charge in [-0.1, -0.05) is 41.9 Å². The van der Waals surface area contributed by atoms with Crippen molar-refractivity contribution in [3.63, 3.8) is 0 Å². The molecule has 1 N–H and O–H groups in total. The van der Waals surface area contributed by atoms with Crippen molar-refractivity contribution in [1.29, 1.82) is 0 Å². The Labute approximate surface area is 203 Å². The quantitative estimate of drug-likeness (QED) is 0.234. The van der Waals surface area contributed by atoms with Crippen LogP contribution in [0.1, 0.15) is 23.6 Å². The van der Waals surface area contributed by atoms with Crippen LogP contribution < -0.4 is 4.74 Å². The summed E-state index contributed by atoms with van der Waals surface area (Å²) in [5, 5.41) is 11.9. The molecule has 1 heterocycles. The summed E-state index contributed by atoms with van der Waals surface area (Å²) in [4.78, 5) is 29.5. The molecule has 1 atom stereocenters. The van der Waals surface area contributed by atoms with Gasteiger partial charge in [0.1, 0.15) is 18.1 Å². The van der Waals surface area contributed by atoms with Crippen LogP contribution >= 0.6 is 23.2 Å². The third-order valence-electron chi connectivity index (χ3n) is 5.30. The number of likely N-dealkylation sites (tertiary alicyclic amines) is 1. The Kier molecular flexibility index (Phi) is 8.19. The van der Waals surface area contributed by atoms with Gasteiger partial charge in [-0.25, -0.2) is 0 Å². The molecule has 33 heavy (non-hydrogen) atoms. The molecular weight excluding hydrogens is 463 g/mol. The van der Waals surface area contributed by atoms with Gasteiger partial charge in [-0.05, 0) is 69.0 Å². The van der Waals surface area contributed by atoms with Crippen molar-refractivity contribution in [1.82, 2.24) is 9.80 Å². The standard InChI is InChI=1S/C25H26Cl2N2O4/c1-4-14-33-18-9-6-16(7-10-18)23(30)21-22(19-11-8-17(26)15-20(19)27)29(25(32)24(21)31)13-5-12-28(2)3/h4,6-11,15,22,30H,1,5,12-14H2,2-3H3/b23-21+. The summed E-state index contributed by atoms with van der Waals surface area (Å²) in [5.74, 6) is -1.10. The van der Waals surface area contributed by atoms with Crippen molar-refractivity contribution < 1.29 is 19.4 Å². The molecule has 0 saturated carbocycles. The summed E-state index contributed by atoms with van der Waals surface area (Å²) in [6.07, 6.45) is 2.28. The lowest BCUT2D eigenvalue weighted by atomic mass is 9.95. The topological polar surface area (TPSA) is 70.1 Å². The summed E-state index contributed by atoms with van der Waals surface area (Å²) in [6, 6.07) is 10.7. The molecule has 1 fully saturated rings. The molecule has 0 aromatic heterocycles. The van der Waals surface area contributed by atoms with Crippen molar-refractivity contribution in [3.05, 3.63) is 81.9 Å². The van der Waals surface area contributed by atoms with E-state index in [0.29, 0.717) is 46.5 Å². The molecule has 0 spiro atoms. The zero-order valence-corrected chi connectivity index (χ0v) is 20.1. The highest BCUT2D eigenvalue weighted by Crippen LogP contribution is 2.42. The first-order valence-corrected chi connectivity index (χ1v) is 11.2. The first-order valence-electron chi connectivity index (χ1n) is 10.5. The van der Waals surface area contributed by atoms with Gasteiger partial charge in [0.05, 0.1) is 11.6 Å². The van der Waals surface area contributed by atoms with E-state index < -0.39 is 17.7 Å². The molecule has 3 rings (SSSR count). The fourth-order valence-electron chi connectivity index (χ4n) is 3.73. The first kappa shape index (κ1) is 24.8. The van der Waals surface area contributed by atoms with E-state index in [-0.39, 0.29) is 11.3 Å². The number of benzene rings is 2. The van der Waals surface area contributed by atoms with E-state index in [9.17, 15) is 14.7 Å². The van der Waals surface area contributed by atoms with E-state index in [4.69, 9.17) is 27.9 Å². The molecule has 1 amide bonds. The SMILES string of the molecule is C=CCOc1ccc(/C(O)=C2\C(=O)C(=O)N(CCCN(C)C)C2c2ccc(Cl)cc2Cl)cc1. The Bertz CT molecular complexity index is 1080. The Morgan fingerprint density at radius 3 is 2.48 bits per heavy atom. The van der Waals surface area contributed by atoms with Gasteiger partial charge in [0, 0.05) is 22.2 Å². The van der Waals surface area contributed by atoms with Gasteiger partial charge in [0.2, 0.25) is 0 Å². The highest BCUT2D eigenvalue weighted by atomic mass is 35.5. The lowest BCUT2D eigenvalue weighted by Crippen LogP contribution is -2.32. The van der Waals surface area contributed by atoms with Crippen LogP contribution in [-0.2, 0) is 9.59 Å². The Balaban J connectivity index is 2.07. The summed E-state index contributed by atoms with van der Waals surface area (Å²) in [5.41, 5.74) is 0.911. The monoisotopic (exact) mass is 488 g/mol. The van der Waals surface area contributed by atoms with E-state index in [1.807, 2.05) is 19.0 Å². The minimum Gasteiger partial charge on any atom is -0.507 e. The van der Waals surface area contributed by atoms with Crippen LogP contribution in [0.25, 0.3) is 5.76 Å². The number of hydrogen-bond donors (Lipinski definition) is 1. The molecule has 6 nitrogen and oxygen atoms in total. The molecule has 0 bridgehead atoms. The van der Waals surface area contributed by atoms with Gasteiger partial charge in [-0.3, -0.25) is 9.59 Å². The maximum atomic E-state index is 13.1. The van der Waals surface area contributed by atoms with Crippen molar-refractivity contribution in [2.45, 2.75) is 12.5 Å². The number of amides is 1. The largest absolute Gasteiger partial charge is 0.507 e. The fourth-order valence-corrected chi connectivity index (χ4v) is 4.25. The van der Waals surface area contributed by atoms with Crippen molar-refractivity contribution in [2.24, 2.45) is 0 Å². The molecular formula is C25H26Cl2N2O4. The Hall–Kier alpha value is -2.80. The Morgan fingerprint density at radius 1 is 1.18 bits per heavy atom. The van der Waals surface area contributed by atoms with Gasteiger partial charge in [-0.2, -0.15) is 0 Å². The molecule has 1 saturated heterocycles. The van der Waals surface area contributed by atoms with Crippen LogP contribution in [0.3, 0.4) is 0 Å². The third kappa shape index (κ3) is 5.58. The fraction of sp³-hybridized carbons (Fsp3) is 0.280.